The molecule has 0 saturated carbocycles. The van der Waals surface area contributed by atoms with Crippen molar-refractivity contribution in [3.05, 3.63) is 48.0 Å². The average Bonchev–Trinajstić information content (AvgIpc) is 2.59. The molecule has 128 valence electrons. The standard InChI is InChI=1S/C17H18O7/c18-12-13(19)15(16(21)22)24-17(14(12)20)23-8-10-6-3-5-9-4-1-2-7-11(9)10/h1-7,12-15,17-20H,8H2,(H,21,22)/t12-,13-,14+,15-,17+/m0/s1. The number of aliphatic hydroxyl groups is 3. The molecule has 0 amide bonds. The second-order valence-electron chi connectivity index (χ2n) is 5.68. The summed E-state index contributed by atoms with van der Waals surface area (Å²) in [6, 6.07) is 13.3. The first kappa shape index (κ1) is 16.8. The molecule has 1 aliphatic rings. The van der Waals surface area contributed by atoms with Crippen LogP contribution in [-0.2, 0) is 20.9 Å². The number of hydrogen-bond donors (Lipinski definition) is 4. The maximum Gasteiger partial charge on any atom is 0.335 e. The van der Waals surface area contributed by atoms with E-state index in [-0.39, 0.29) is 6.61 Å². The summed E-state index contributed by atoms with van der Waals surface area (Å²) in [7, 11) is 0. The second-order valence-corrected chi connectivity index (χ2v) is 5.68. The van der Waals surface area contributed by atoms with E-state index in [1.54, 1.807) is 0 Å². The Morgan fingerprint density at radius 1 is 1.00 bits per heavy atom. The topological polar surface area (TPSA) is 116 Å². The van der Waals surface area contributed by atoms with Crippen molar-refractivity contribution >= 4 is 16.7 Å². The molecule has 2 aromatic carbocycles. The van der Waals surface area contributed by atoms with Gasteiger partial charge in [0.25, 0.3) is 0 Å². The van der Waals surface area contributed by atoms with Crippen LogP contribution in [0.5, 0.6) is 0 Å². The summed E-state index contributed by atoms with van der Waals surface area (Å²) in [6.07, 6.45) is -7.97. The van der Waals surface area contributed by atoms with Crippen LogP contribution in [0.3, 0.4) is 0 Å². The van der Waals surface area contributed by atoms with Crippen molar-refractivity contribution in [2.45, 2.75) is 37.3 Å². The Morgan fingerprint density at radius 2 is 1.71 bits per heavy atom. The van der Waals surface area contributed by atoms with Crippen molar-refractivity contribution in [2.75, 3.05) is 0 Å². The third-order valence-electron chi connectivity index (χ3n) is 4.10. The van der Waals surface area contributed by atoms with Crippen LogP contribution < -0.4 is 0 Å². The molecule has 7 heteroatoms. The summed E-state index contributed by atoms with van der Waals surface area (Å²) in [6.45, 7) is 0.0538. The summed E-state index contributed by atoms with van der Waals surface area (Å²) in [5, 5.41) is 40.4. The predicted molar refractivity (Wildman–Crippen MR) is 83.1 cm³/mol. The van der Waals surface area contributed by atoms with E-state index in [0.717, 1.165) is 16.3 Å². The molecule has 0 bridgehead atoms. The van der Waals surface area contributed by atoms with E-state index in [1.165, 1.54) is 0 Å². The number of carboxylic acids is 1. The Hall–Kier alpha value is -2.03. The second kappa shape index (κ2) is 6.84. The summed E-state index contributed by atoms with van der Waals surface area (Å²) >= 11 is 0. The van der Waals surface area contributed by atoms with E-state index in [4.69, 9.17) is 14.6 Å². The molecule has 0 aliphatic carbocycles. The van der Waals surface area contributed by atoms with Gasteiger partial charge in [0.2, 0.25) is 0 Å². The van der Waals surface area contributed by atoms with Gasteiger partial charge in [-0.25, -0.2) is 4.79 Å². The average molecular weight is 334 g/mol. The van der Waals surface area contributed by atoms with Crippen LogP contribution in [0.2, 0.25) is 0 Å². The smallest absolute Gasteiger partial charge is 0.335 e. The van der Waals surface area contributed by atoms with Gasteiger partial charge in [-0.15, -0.1) is 0 Å². The number of aliphatic carboxylic acids is 1. The number of carboxylic acid groups (broad SMARTS) is 1. The van der Waals surface area contributed by atoms with Crippen molar-refractivity contribution in [1.29, 1.82) is 0 Å². The van der Waals surface area contributed by atoms with E-state index < -0.39 is 36.7 Å². The molecule has 0 unspecified atom stereocenters. The zero-order chi connectivity index (χ0) is 17.3. The molecule has 1 heterocycles. The monoisotopic (exact) mass is 334 g/mol. The first-order valence-electron chi connectivity index (χ1n) is 7.50. The van der Waals surface area contributed by atoms with Crippen molar-refractivity contribution in [3.63, 3.8) is 0 Å². The first-order chi connectivity index (χ1) is 11.5. The number of benzene rings is 2. The number of hydrogen-bond acceptors (Lipinski definition) is 6. The van der Waals surface area contributed by atoms with Gasteiger partial charge < -0.3 is 29.9 Å². The molecule has 7 nitrogen and oxygen atoms in total. The lowest BCUT2D eigenvalue weighted by Crippen LogP contribution is -2.60. The minimum atomic E-state index is -1.73. The molecule has 1 saturated heterocycles. The lowest BCUT2D eigenvalue weighted by atomic mass is 9.99. The van der Waals surface area contributed by atoms with E-state index in [9.17, 15) is 20.1 Å². The van der Waals surface area contributed by atoms with Gasteiger partial charge in [0.05, 0.1) is 6.61 Å². The van der Waals surface area contributed by atoms with Gasteiger partial charge >= 0.3 is 5.97 Å². The summed E-state index contributed by atoms with van der Waals surface area (Å²) < 4.78 is 10.6. The molecular weight excluding hydrogens is 316 g/mol. The van der Waals surface area contributed by atoms with Gasteiger partial charge in [-0.05, 0) is 16.3 Å². The van der Waals surface area contributed by atoms with Crippen molar-refractivity contribution < 1.29 is 34.7 Å². The van der Waals surface area contributed by atoms with E-state index in [2.05, 4.69) is 0 Å². The van der Waals surface area contributed by atoms with Crippen molar-refractivity contribution in [3.8, 4) is 0 Å². The minimum Gasteiger partial charge on any atom is -0.479 e. The SMILES string of the molecule is O=C(O)[C@H]1O[C@@H](OCc2cccc3ccccc23)[C@H](O)[C@@H](O)[C@@H]1O. The maximum absolute atomic E-state index is 11.1. The van der Waals surface area contributed by atoms with E-state index >= 15 is 0 Å². The van der Waals surface area contributed by atoms with Crippen LogP contribution in [0.1, 0.15) is 5.56 Å². The van der Waals surface area contributed by atoms with Crippen LogP contribution in [-0.4, -0.2) is 57.1 Å². The first-order valence-corrected chi connectivity index (χ1v) is 7.50. The highest BCUT2D eigenvalue weighted by atomic mass is 16.7. The van der Waals surface area contributed by atoms with Crippen molar-refractivity contribution in [1.82, 2.24) is 0 Å². The van der Waals surface area contributed by atoms with Gasteiger partial charge in [0.15, 0.2) is 12.4 Å². The normalized spacial score (nSPS) is 30.4. The van der Waals surface area contributed by atoms with Crippen LogP contribution in [0.15, 0.2) is 42.5 Å². The van der Waals surface area contributed by atoms with E-state index in [0.29, 0.717) is 0 Å². The number of carbonyl (C=O) groups is 1. The quantitative estimate of drug-likeness (QED) is 0.633. The fourth-order valence-corrected chi connectivity index (χ4v) is 2.78. The van der Waals surface area contributed by atoms with Gasteiger partial charge in [-0.1, -0.05) is 42.5 Å². The lowest BCUT2D eigenvalue weighted by Gasteiger charge is -2.38. The highest BCUT2D eigenvalue weighted by molar-refractivity contribution is 5.85. The van der Waals surface area contributed by atoms with Crippen LogP contribution in [0, 0.1) is 0 Å². The van der Waals surface area contributed by atoms with Gasteiger partial charge in [-0.3, -0.25) is 0 Å². The van der Waals surface area contributed by atoms with Gasteiger partial charge in [0, 0.05) is 0 Å². The molecule has 3 rings (SSSR count). The number of rotatable bonds is 4. The third kappa shape index (κ3) is 3.12. The Kier molecular flexibility index (Phi) is 4.79. The Balaban J connectivity index is 1.76. The summed E-state index contributed by atoms with van der Waals surface area (Å²) in [4.78, 5) is 11.1. The Bertz CT molecular complexity index is 726. The predicted octanol–water partition coefficient (Wildman–Crippen LogP) is 0.249. The van der Waals surface area contributed by atoms with Crippen molar-refractivity contribution in [2.24, 2.45) is 0 Å². The fraction of sp³-hybridized carbons (Fsp3) is 0.353. The Morgan fingerprint density at radius 3 is 2.46 bits per heavy atom. The highest BCUT2D eigenvalue weighted by Gasteiger charge is 2.47. The van der Waals surface area contributed by atoms with Crippen LogP contribution >= 0.6 is 0 Å². The van der Waals surface area contributed by atoms with Gasteiger partial charge in [0.1, 0.15) is 18.3 Å². The highest BCUT2D eigenvalue weighted by Crippen LogP contribution is 2.25. The largest absolute Gasteiger partial charge is 0.479 e. The lowest BCUT2D eigenvalue weighted by molar-refractivity contribution is -0.297. The Labute approximate surface area is 137 Å². The molecule has 24 heavy (non-hydrogen) atoms. The molecule has 2 aromatic rings. The number of fused-ring (bicyclic) bond motifs is 1. The molecule has 1 aliphatic heterocycles. The zero-order valence-corrected chi connectivity index (χ0v) is 12.6. The number of aliphatic hydroxyl groups excluding tert-OH is 3. The zero-order valence-electron chi connectivity index (χ0n) is 12.6. The van der Waals surface area contributed by atoms with E-state index in [1.807, 2.05) is 42.5 Å². The van der Waals surface area contributed by atoms with Gasteiger partial charge in [-0.2, -0.15) is 0 Å². The summed E-state index contributed by atoms with van der Waals surface area (Å²) in [5.74, 6) is -1.44. The molecular formula is C17H18O7. The molecule has 0 radical (unpaired) electrons. The molecule has 1 fully saturated rings. The number of ether oxygens (including phenoxy) is 2. The third-order valence-corrected chi connectivity index (χ3v) is 4.10. The minimum absolute atomic E-state index is 0.0538. The summed E-state index contributed by atoms with van der Waals surface area (Å²) in [5.41, 5.74) is 0.830. The molecule has 0 aromatic heterocycles. The molecule has 5 atom stereocenters. The maximum atomic E-state index is 11.1. The van der Waals surface area contributed by atoms with Crippen LogP contribution in [0.4, 0.5) is 0 Å². The van der Waals surface area contributed by atoms with Crippen LogP contribution in [0.25, 0.3) is 10.8 Å². The molecule has 0 spiro atoms. The fourth-order valence-electron chi connectivity index (χ4n) is 2.78. The molecule has 4 N–H and O–H groups in total.